The second-order valence-corrected chi connectivity index (χ2v) is 8.56. The van der Waals surface area contributed by atoms with Gasteiger partial charge in [0.05, 0.1) is 11.3 Å². The molecule has 0 saturated carbocycles. The van der Waals surface area contributed by atoms with E-state index in [-0.39, 0.29) is 11.1 Å². The van der Waals surface area contributed by atoms with Gasteiger partial charge < -0.3 is 0 Å². The molecule has 5 nitrogen and oxygen atoms in total. The monoisotopic (exact) mass is 432 g/mol. The molecule has 0 radical (unpaired) electrons. The summed E-state index contributed by atoms with van der Waals surface area (Å²) in [6.45, 7) is 1.54. The lowest BCUT2D eigenvalue weighted by Crippen LogP contribution is -2.42. The average Bonchev–Trinajstić information content (AvgIpc) is 2.70. The molecule has 1 amide bonds. The smallest absolute Gasteiger partial charge is 0.269 e. The van der Waals surface area contributed by atoms with Crippen molar-refractivity contribution in [2.24, 2.45) is 0 Å². The summed E-state index contributed by atoms with van der Waals surface area (Å²) in [6, 6.07) is 18.7. The van der Waals surface area contributed by atoms with Crippen molar-refractivity contribution >= 4 is 27.5 Å². The van der Waals surface area contributed by atoms with E-state index in [1.54, 1.807) is 37.3 Å². The minimum absolute atomic E-state index is 0.260. The first-order valence-electron chi connectivity index (χ1n) is 8.65. The van der Waals surface area contributed by atoms with E-state index >= 15 is 0 Å². The van der Waals surface area contributed by atoms with E-state index < -0.39 is 27.5 Å². The fourth-order valence-electron chi connectivity index (χ4n) is 2.78. The van der Waals surface area contributed by atoms with E-state index in [1.807, 2.05) is 35.2 Å². The van der Waals surface area contributed by atoms with Crippen LogP contribution in [0.2, 0.25) is 5.02 Å². The third kappa shape index (κ3) is 5.20. The molecule has 0 atom stereocenters. The molecule has 8 heteroatoms. The first-order chi connectivity index (χ1) is 13.8. The van der Waals surface area contributed by atoms with Crippen molar-refractivity contribution in [1.82, 2.24) is 10.3 Å². The Kier molecular flexibility index (Phi) is 6.32. The molecule has 2 N–H and O–H groups in total. The van der Waals surface area contributed by atoms with Gasteiger partial charge in [0, 0.05) is 5.02 Å². The first kappa shape index (κ1) is 21.0. The zero-order valence-corrected chi connectivity index (χ0v) is 17.0. The largest absolute Gasteiger partial charge is 0.274 e. The molecule has 0 spiro atoms. The van der Waals surface area contributed by atoms with Crippen LogP contribution in [-0.4, -0.2) is 14.3 Å². The summed E-state index contributed by atoms with van der Waals surface area (Å²) in [5.74, 6) is -2.04. The highest BCUT2D eigenvalue weighted by atomic mass is 35.5. The second kappa shape index (κ2) is 8.73. The Morgan fingerprint density at radius 3 is 2.34 bits per heavy atom. The molecular formula is C21H18ClFN2O3S. The summed E-state index contributed by atoms with van der Waals surface area (Å²) in [5, 5.41) is 0.293. The van der Waals surface area contributed by atoms with Gasteiger partial charge in [-0.15, -0.1) is 4.83 Å². The van der Waals surface area contributed by atoms with E-state index in [0.717, 1.165) is 5.56 Å². The quantitative estimate of drug-likeness (QED) is 0.573. The summed E-state index contributed by atoms with van der Waals surface area (Å²) in [7, 11) is -3.93. The lowest BCUT2D eigenvalue weighted by molar-refractivity contribution is 0.0941. The summed E-state index contributed by atoms with van der Waals surface area (Å²) >= 11 is 5.97. The van der Waals surface area contributed by atoms with Gasteiger partial charge in [-0.1, -0.05) is 60.1 Å². The topological polar surface area (TPSA) is 75.3 Å². The molecule has 3 aromatic carbocycles. The predicted molar refractivity (Wildman–Crippen MR) is 111 cm³/mol. The number of benzene rings is 3. The van der Waals surface area contributed by atoms with Crippen molar-refractivity contribution < 1.29 is 17.6 Å². The normalized spacial score (nSPS) is 11.3. The van der Waals surface area contributed by atoms with Crippen LogP contribution in [0.1, 0.15) is 21.5 Å². The summed E-state index contributed by atoms with van der Waals surface area (Å²) in [4.78, 5) is 14.4. The number of amides is 1. The second-order valence-electron chi connectivity index (χ2n) is 6.43. The highest BCUT2D eigenvalue weighted by Crippen LogP contribution is 2.24. The minimum Gasteiger partial charge on any atom is -0.274 e. The zero-order valence-electron chi connectivity index (χ0n) is 15.4. The maximum Gasteiger partial charge on any atom is 0.269 e. The molecule has 150 valence electrons. The van der Waals surface area contributed by atoms with Crippen LogP contribution in [0.15, 0.2) is 66.7 Å². The predicted octanol–water partition coefficient (Wildman–Crippen LogP) is 4.22. The van der Waals surface area contributed by atoms with Crippen LogP contribution in [0.5, 0.6) is 0 Å². The molecule has 0 unspecified atom stereocenters. The number of hydrogen-bond donors (Lipinski definition) is 2. The lowest BCUT2D eigenvalue weighted by atomic mass is 9.99. The number of carbonyl (C=O) groups is 1. The molecule has 29 heavy (non-hydrogen) atoms. The SMILES string of the molecule is Cc1cc(-c2ccccc2)cc(C(=O)NNS(=O)(=O)Cc2ccccc2Cl)c1F. The van der Waals surface area contributed by atoms with Gasteiger partial charge in [-0.2, -0.15) is 0 Å². The summed E-state index contributed by atoms with van der Waals surface area (Å²) in [6.07, 6.45) is 0. The van der Waals surface area contributed by atoms with Crippen LogP contribution in [0, 0.1) is 12.7 Å². The molecule has 0 bridgehead atoms. The molecular weight excluding hydrogens is 415 g/mol. The molecule has 0 aliphatic rings. The molecule has 0 aromatic heterocycles. The van der Waals surface area contributed by atoms with E-state index in [0.29, 0.717) is 16.1 Å². The Morgan fingerprint density at radius 2 is 1.66 bits per heavy atom. The van der Waals surface area contributed by atoms with Crippen LogP contribution in [0.4, 0.5) is 4.39 Å². The number of sulfonamides is 1. The van der Waals surface area contributed by atoms with Gasteiger partial charge in [0.15, 0.2) is 0 Å². The van der Waals surface area contributed by atoms with Crippen molar-refractivity contribution in [2.75, 3.05) is 0 Å². The molecule has 0 fully saturated rings. The van der Waals surface area contributed by atoms with Crippen molar-refractivity contribution in [3.05, 3.63) is 94.3 Å². The summed E-state index contributed by atoms with van der Waals surface area (Å²) in [5.41, 5.74) is 3.91. The third-order valence-electron chi connectivity index (χ3n) is 4.23. The van der Waals surface area contributed by atoms with Gasteiger partial charge in [-0.3, -0.25) is 10.2 Å². The number of hydrogen-bond acceptors (Lipinski definition) is 3. The number of hydrazine groups is 1. The fourth-order valence-corrected chi connectivity index (χ4v) is 4.04. The molecule has 3 rings (SSSR count). The highest BCUT2D eigenvalue weighted by molar-refractivity contribution is 7.88. The van der Waals surface area contributed by atoms with Crippen LogP contribution >= 0.6 is 11.6 Å². The fraction of sp³-hybridized carbons (Fsp3) is 0.0952. The number of nitrogens with one attached hydrogen (secondary N) is 2. The number of carbonyl (C=O) groups excluding carboxylic acids is 1. The maximum absolute atomic E-state index is 14.5. The molecule has 0 aliphatic carbocycles. The average molecular weight is 433 g/mol. The molecule has 3 aromatic rings. The van der Waals surface area contributed by atoms with Crippen LogP contribution in [0.25, 0.3) is 11.1 Å². The number of rotatable bonds is 6. The lowest BCUT2D eigenvalue weighted by Gasteiger charge is -2.12. The van der Waals surface area contributed by atoms with Crippen molar-refractivity contribution in [3.8, 4) is 11.1 Å². The van der Waals surface area contributed by atoms with Crippen molar-refractivity contribution in [2.45, 2.75) is 12.7 Å². The van der Waals surface area contributed by atoms with Crippen LogP contribution in [0.3, 0.4) is 0 Å². The van der Waals surface area contributed by atoms with Crippen LogP contribution < -0.4 is 10.3 Å². The molecule has 0 heterocycles. The molecule has 0 aliphatic heterocycles. The van der Waals surface area contributed by atoms with Gasteiger partial charge in [0.25, 0.3) is 5.91 Å². The highest BCUT2D eigenvalue weighted by Gasteiger charge is 2.19. The maximum atomic E-state index is 14.5. The Morgan fingerprint density at radius 1 is 1.00 bits per heavy atom. The van der Waals surface area contributed by atoms with Crippen molar-refractivity contribution in [1.29, 1.82) is 0 Å². The van der Waals surface area contributed by atoms with E-state index in [9.17, 15) is 17.6 Å². The number of aryl methyl sites for hydroxylation is 1. The minimum atomic E-state index is -3.93. The molecule has 0 saturated heterocycles. The summed E-state index contributed by atoms with van der Waals surface area (Å²) < 4.78 is 39.0. The van der Waals surface area contributed by atoms with Gasteiger partial charge in [0.1, 0.15) is 5.82 Å². The van der Waals surface area contributed by atoms with E-state index in [1.165, 1.54) is 6.07 Å². The van der Waals surface area contributed by atoms with E-state index in [2.05, 4.69) is 5.43 Å². The van der Waals surface area contributed by atoms with Crippen molar-refractivity contribution in [3.63, 3.8) is 0 Å². The Labute approximate surface area is 173 Å². The first-order valence-corrected chi connectivity index (χ1v) is 10.7. The van der Waals surface area contributed by atoms with Crippen LogP contribution in [-0.2, 0) is 15.8 Å². The Balaban J connectivity index is 1.78. The van der Waals surface area contributed by atoms with Gasteiger partial charge in [-0.25, -0.2) is 12.8 Å². The zero-order chi connectivity index (χ0) is 21.0. The van der Waals surface area contributed by atoms with Gasteiger partial charge in [0.2, 0.25) is 10.0 Å². The Bertz CT molecular complexity index is 1150. The third-order valence-corrected chi connectivity index (χ3v) is 5.70. The van der Waals surface area contributed by atoms with Gasteiger partial charge >= 0.3 is 0 Å². The standard InChI is InChI=1S/C21H18ClFN2O3S/c1-14-11-17(15-7-3-2-4-8-15)12-18(20(14)23)21(26)24-25-29(27,28)13-16-9-5-6-10-19(16)22/h2-12,25H,13H2,1H3,(H,24,26). The van der Waals surface area contributed by atoms with Gasteiger partial charge in [-0.05, 0) is 47.4 Å². The number of halogens is 2. The van der Waals surface area contributed by atoms with E-state index in [4.69, 9.17) is 11.6 Å². The Hall–Kier alpha value is -2.74.